The molecule has 1 aliphatic heterocycles. The SMILES string of the molecule is C[C@H](/C=C/CCO)[C@@]1(O)C(=O)N(Cc2ccc(NC(=O)c3ccc(N)cc3)cc2)c2ccc(Cl)cc21. The van der Waals surface area contributed by atoms with E-state index in [1.54, 1.807) is 78.6 Å². The van der Waals surface area contributed by atoms with Gasteiger partial charge < -0.3 is 26.2 Å². The van der Waals surface area contributed by atoms with Crippen LogP contribution in [0.2, 0.25) is 5.02 Å². The number of amides is 2. The van der Waals surface area contributed by atoms with Gasteiger partial charge in [-0.2, -0.15) is 0 Å². The molecule has 8 heteroatoms. The predicted molar refractivity (Wildman–Crippen MR) is 142 cm³/mol. The fourth-order valence-electron chi connectivity index (χ4n) is 4.30. The normalized spacial score (nSPS) is 17.9. The summed E-state index contributed by atoms with van der Waals surface area (Å²) in [6, 6.07) is 18.9. The highest BCUT2D eigenvalue weighted by atomic mass is 35.5. The molecule has 3 aromatic carbocycles. The van der Waals surface area contributed by atoms with Crippen molar-refractivity contribution in [2.75, 3.05) is 22.6 Å². The molecule has 0 aliphatic carbocycles. The predicted octanol–water partition coefficient (Wildman–Crippen LogP) is 4.48. The van der Waals surface area contributed by atoms with Gasteiger partial charge in [-0.05, 0) is 66.6 Å². The first-order valence-corrected chi connectivity index (χ1v) is 12.0. The van der Waals surface area contributed by atoms with Gasteiger partial charge in [-0.3, -0.25) is 9.59 Å². The number of hydrogen-bond donors (Lipinski definition) is 4. The van der Waals surface area contributed by atoms with E-state index in [1.165, 1.54) is 0 Å². The van der Waals surface area contributed by atoms with Gasteiger partial charge in [-0.15, -0.1) is 0 Å². The lowest BCUT2D eigenvalue weighted by atomic mass is 9.83. The Morgan fingerprint density at radius 1 is 1.14 bits per heavy atom. The van der Waals surface area contributed by atoms with E-state index in [-0.39, 0.29) is 19.1 Å². The van der Waals surface area contributed by atoms with Crippen LogP contribution in [0.5, 0.6) is 0 Å². The first-order valence-electron chi connectivity index (χ1n) is 11.6. The van der Waals surface area contributed by atoms with Gasteiger partial charge >= 0.3 is 0 Å². The van der Waals surface area contributed by atoms with E-state index in [0.717, 1.165) is 5.56 Å². The molecule has 2 atom stereocenters. The second kappa shape index (κ2) is 10.5. The number of nitrogens with two attached hydrogens (primary N) is 1. The zero-order valence-electron chi connectivity index (χ0n) is 19.8. The molecule has 186 valence electrons. The molecular formula is C28H28ClN3O4. The van der Waals surface area contributed by atoms with Crippen molar-refractivity contribution < 1.29 is 19.8 Å². The summed E-state index contributed by atoms with van der Waals surface area (Å²) < 4.78 is 0. The van der Waals surface area contributed by atoms with Crippen LogP contribution in [0.4, 0.5) is 17.1 Å². The summed E-state index contributed by atoms with van der Waals surface area (Å²) in [5, 5.41) is 23.9. The highest BCUT2D eigenvalue weighted by molar-refractivity contribution is 6.31. The maximum absolute atomic E-state index is 13.6. The van der Waals surface area contributed by atoms with E-state index < -0.39 is 17.4 Å². The van der Waals surface area contributed by atoms with Gasteiger partial charge in [0.2, 0.25) is 0 Å². The maximum Gasteiger partial charge on any atom is 0.264 e. The molecule has 3 aromatic rings. The number of benzene rings is 3. The van der Waals surface area contributed by atoms with E-state index in [1.807, 2.05) is 12.1 Å². The fraction of sp³-hybridized carbons (Fsp3) is 0.214. The van der Waals surface area contributed by atoms with Crippen molar-refractivity contribution in [3.05, 3.63) is 101 Å². The molecule has 1 aliphatic rings. The molecule has 0 spiro atoms. The van der Waals surface area contributed by atoms with Crippen LogP contribution in [0, 0.1) is 5.92 Å². The Kier molecular flexibility index (Phi) is 7.45. The van der Waals surface area contributed by atoms with Crippen molar-refractivity contribution >= 4 is 40.5 Å². The number of carbonyl (C=O) groups excluding carboxylic acids is 2. The van der Waals surface area contributed by atoms with Gasteiger partial charge in [-0.1, -0.05) is 42.8 Å². The minimum Gasteiger partial charge on any atom is -0.399 e. The van der Waals surface area contributed by atoms with Gasteiger partial charge in [0, 0.05) is 40.0 Å². The maximum atomic E-state index is 13.6. The Morgan fingerprint density at radius 3 is 2.50 bits per heavy atom. The highest BCUT2D eigenvalue weighted by Gasteiger charge is 2.52. The van der Waals surface area contributed by atoms with Gasteiger partial charge in [0.05, 0.1) is 12.2 Å². The van der Waals surface area contributed by atoms with Crippen molar-refractivity contribution in [2.45, 2.75) is 25.5 Å². The first-order chi connectivity index (χ1) is 17.2. The summed E-state index contributed by atoms with van der Waals surface area (Å²) in [5.41, 5.74) is 7.45. The Morgan fingerprint density at radius 2 is 1.83 bits per heavy atom. The number of carbonyl (C=O) groups is 2. The molecule has 2 amide bonds. The second-order valence-corrected chi connectivity index (χ2v) is 9.26. The Hall–Kier alpha value is -3.65. The number of nitrogens with zero attached hydrogens (tertiary/aromatic N) is 1. The third-order valence-electron chi connectivity index (χ3n) is 6.34. The third-order valence-corrected chi connectivity index (χ3v) is 6.57. The molecule has 0 bridgehead atoms. The van der Waals surface area contributed by atoms with Crippen molar-refractivity contribution in [2.24, 2.45) is 5.92 Å². The summed E-state index contributed by atoms with van der Waals surface area (Å²) in [5.74, 6) is -1.23. The molecule has 7 nitrogen and oxygen atoms in total. The van der Waals surface area contributed by atoms with Crippen molar-refractivity contribution in [3.63, 3.8) is 0 Å². The number of hydrogen-bond acceptors (Lipinski definition) is 5. The smallest absolute Gasteiger partial charge is 0.264 e. The van der Waals surface area contributed by atoms with Gasteiger partial charge in [-0.25, -0.2) is 0 Å². The molecule has 5 N–H and O–H groups in total. The van der Waals surface area contributed by atoms with E-state index in [0.29, 0.717) is 39.6 Å². The molecule has 36 heavy (non-hydrogen) atoms. The third kappa shape index (κ3) is 4.99. The zero-order valence-corrected chi connectivity index (χ0v) is 20.6. The number of anilines is 3. The molecule has 4 rings (SSSR count). The van der Waals surface area contributed by atoms with Gasteiger partial charge in [0.1, 0.15) is 0 Å². The van der Waals surface area contributed by atoms with Crippen LogP contribution >= 0.6 is 11.6 Å². The molecule has 0 fully saturated rings. The van der Waals surface area contributed by atoms with Crippen molar-refractivity contribution in [3.8, 4) is 0 Å². The topological polar surface area (TPSA) is 116 Å². The summed E-state index contributed by atoms with van der Waals surface area (Å²) >= 11 is 6.22. The largest absolute Gasteiger partial charge is 0.399 e. The molecule has 0 aromatic heterocycles. The van der Waals surface area contributed by atoms with E-state index in [2.05, 4.69) is 5.32 Å². The van der Waals surface area contributed by atoms with Crippen molar-refractivity contribution in [1.82, 2.24) is 0 Å². The lowest BCUT2D eigenvalue weighted by Gasteiger charge is -2.27. The van der Waals surface area contributed by atoms with Crippen LogP contribution in [-0.2, 0) is 16.9 Å². The summed E-state index contributed by atoms with van der Waals surface area (Å²) in [6.45, 7) is 1.98. The number of aliphatic hydroxyl groups is 2. The van der Waals surface area contributed by atoms with Crippen LogP contribution in [-0.4, -0.2) is 28.6 Å². The van der Waals surface area contributed by atoms with Crippen LogP contribution in [0.3, 0.4) is 0 Å². The van der Waals surface area contributed by atoms with Crippen LogP contribution in [0.25, 0.3) is 0 Å². The monoisotopic (exact) mass is 505 g/mol. The lowest BCUT2D eigenvalue weighted by molar-refractivity contribution is -0.139. The standard InChI is InChI=1S/C28H28ClN3O4/c1-18(4-2-3-15-33)28(36)24-16-21(29)9-14-25(24)32(27(28)35)17-19-5-12-23(13-6-19)31-26(34)20-7-10-22(30)11-8-20/h2,4-14,16,18,33,36H,3,15,17,30H2,1H3,(H,31,34)/b4-2+/t18-,28+/m1/s1. The Bertz CT molecular complexity index is 1290. The number of nitrogen functional groups attached to an aromatic ring is 1. The van der Waals surface area contributed by atoms with E-state index in [4.69, 9.17) is 22.4 Å². The van der Waals surface area contributed by atoms with Gasteiger partial charge in [0.25, 0.3) is 11.8 Å². The Balaban J connectivity index is 1.54. The number of fused-ring (bicyclic) bond motifs is 1. The lowest BCUT2D eigenvalue weighted by Crippen LogP contribution is -2.44. The zero-order chi connectivity index (χ0) is 25.9. The van der Waals surface area contributed by atoms with E-state index in [9.17, 15) is 14.7 Å². The minimum absolute atomic E-state index is 0.0133. The number of halogens is 1. The molecule has 0 radical (unpaired) electrons. The van der Waals surface area contributed by atoms with E-state index >= 15 is 0 Å². The number of aliphatic hydroxyl groups excluding tert-OH is 1. The minimum atomic E-state index is -1.78. The number of rotatable bonds is 8. The molecule has 0 saturated heterocycles. The molecular weight excluding hydrogens is 478 g/mol. The van der Waals surface area contributed by atoms with Gasteiger partial charge in [0.15, 0.2) is 5.60 Å². The quantitative estimate of drug-likeness (QED) is 0.266. The average Bonchev–Trinajstić information content (AvgIpc) is 3.07. The van der Waals surface area contributed by atoms with Crippen LogP contribution in [0.1, 0.15) is 34.8 Å². The number of nitrogens with one attached hydrogen (secondary N) is 1. The molecule has 0 unspecified atom stereocenters. The van der Waals surface area contributed by atoms with Crippen molar-refractivity contribution in [1.29, 1.82) is 0 Å². The highest BCUT2D eigenvalue weighted by Crippen LogP contribution is 2.46. The molecule has 0 saturated carbocycles. The first kappa shape index (κ1) is 25.4. The average molecular weight is 506 g/mol. The fourth-order valence-corrected chi connectivity index (χ4v) is 4.48. The second-order valence-electron chi connectivity index (χ2n) is 8.82. The summed E-state index contributed by atoms with van der Waals surface area (Å²) in [6.07, 6.45) is 3.92. The molecule has 1 heterocycles. The Labute approximate surface area is 214 Å². The summed E-state index contributed by atoms with van der Waals surface area (Å²) in [7, 11) is 0. The summed E-state index contributed by atoms with van der Waals surface area (Å²) in [4.78, 5) is 27.6. The van der Waals surface area contributed by atoms with Crippen LogP contribution < -0.4 is 16.0 Å². The van der Waals surface area contributed by atoms with Crippen LogP contribution in [0.15, 0.2) is 78.9 Å².